The topological polar surface area (TPSA) is 156 Å². The number of hydrogen-bond donors (Lipinski definition) is 4. The molecule has 0 saturated carbocycles. The fourth-order valence-corrected chi connectivity index (χ4v) is 4.31. The molecular formula is C28H32ClN7O5. The van der Waals surface area contributed by atoms with Gasteiger partial charge in [-0.3, -0.25) is 19.2 Å². The van der Waals surface area contributed by atoms with E-state index in [2.05, 4.69) is 31.6 Å². The average molecular weight is 582 g/mol. The van der Waals surface area contributed by atoms with Crippen LogP contribution in [0.5, 0.6) is 5.75 Å². The molecule has 1 aliphatic heterocycles. The summed E-state index contributed by atoms with van der Waals surface area (Å²) in [6, 6.07) is 9.74. The van der Waals surface area contributed by atoms with Crippen molar-refractivity contribution in [3.05, 3.63) is 76.1 Å². The number of rotatable bonds is 1. The van der Waals surface area contributed by atoms with Gasteiger partial charge in [0.05, 0.1) is 24.8 Å². The predicted molar refractivity (Wildman–Crippen MR) is 150 cm³/mol. The zero-order valence-corrected chi connectivity index (χ0v) is 23.7. The maximum atomic E-state index is 13.1. The van der Waals surface area contributed by atoms with Gasteiger partial charge in [-0.1, -0.05) is 42.8 Å². The molecule has 4 rings (SSSR count). The second-order valence-electron chi connectivity index (χ2n) is 9.99. The van der Waals surface area contributed by atoms with Crippen LogP contribution >= 0.6 is 11.6 Å². The number of fused-ring (bicyclic) bond motifs is 5. The van der Waals surface area contributed by atoms with E-state index in [1.165, 1.54) is 6.07 Å². The van der Waals surface area contributed by atoms with Gasteiger partial charge in [0.1, 0.15) is 30.1 Å². The van der Waals surface area contributed by atoms with Crippen LogP contribution in [0.3, 0.4) is 0 Å². The van der Waals surface area contributed by atoms with E-state index in [0.29, 0.717) is 34.1 Å². The third-order valence-electron chi connectivity index (χ3n) is 6.42. The first-order chi connectivity index (χ1) is 19.6. The Labute approximate surface area is 242 Å². The van der Waals surface area contributed by atoms with Gasteiger partial charge in [-0.25, -0.2) is 4.68 Å². The van der Waals surface area contributed by atoms with Gasteiger partial charge >= 0.3 is 0 Å². The summed E-state index contributed by atoms with van der Waals surface area (Å²) in [5, 5.41) is 19.5. The van der Waals surface area contributed by atoms with Gasteiger partial charge in [0.2, 0.25) is 11.8 Å². The number of amides is 4. The Bertz CT molecular complexity index is 1440. The standard InChI is InChI=1S/C28H32ClN7O5/c1-16(2)24-28(40)32-17(3)25(37)31-14-21-15-36(35-34-21)9-10-41-23-8-7-20(29)12-22(23)27(39)30-13-18-5-4-6-19(11-18)26(38)33-24/h4-8,11-12,15-17,24H,9-10,13-14H2,1-3H3,(H,30,39)(H,31,37)(H,32,40)(H,33,38)/t17-,24+/m1/s1. The monoisotopic (exact) mass is 581 g/mol. The molecule has 0 spiro atoms. The fourth-order valence-electron chi connectivity index (χ4n) is 4.14. The number of ether oxygens (including phenoxy) is 1. The summed E-state index contributed by atoms with van der Waals surface area (Å²) < 4.78 is 7.42. The molecule has 0 fully saturated rings. The summed E-state index contributed by atoms with van der Waals surface area (Å²) in [4.78, 5) is 51.8. The highest BCUT2D eigenvalue weighted by molar-refractivity contribution is 6.31. The first-order valence-electron chi connectivity index (χ1n) is 13.2. The van der Waals surface area contributed by atoms with Crippen molar-refractivity contribution in [1.82, 2.24) is 36.3 Å². The molecule has 4 amide bonds. The SMILES string of the molecule is CC(C)[C@@H]1NC(=O)c2cccc(c2)CNC(=O)c2cc(Cl)ccc2OCCn2cc(nn2)CNC(=O)[C@@H](C)NC1=O. The van der Waals surface area contributed by atoms with Crippen molar-refractivity contribution in [2.45, 2.75) is 52.5 Å². The van der Waals surface area contributed by atoms with Crippen molar-refractivity contribution in [3.63, 3.8) is 0 Å². The summed E-state index contributed by atoms with van der Waals surface area (Å²) in [5.41, 5.74) is 1.76. The quantitative estimate of drug-likeness (QED) is 0.341. The normalized spacial score (nSPS) is 19.2. The zero-order valence-electron chi connectivity index (χ0n) is 22.9. The van der Waals surface area contributed by atoms with Crippen LogP contribution in [0, 0.1) is 5.92 Å². The van der Waals surface area contributed by atoms with Gasteiger partial charge in [-0.05, 0) is 48.7 Å². The molecular weight excluding hydrogens is 550 g/mol. The van der Waals surface area contributed by atoms with Crippen LogP contribution in [0.2, 0.25) is 5.02 Å². The summed E-state index contributed by atoms with van der Waals surface area (Å²) in [6.07, 6.45) is 1.66. The van der Waals surface area contributed by atoms with E-state index in [9.17, 15) is 19.2 Å². The van der Waals surface area contributed by atoms with Crippen molar-refractivity contribution in [3.8, 4) is 5.75 Å². The van der Waals surface area contributed by atoms with Crippen LogP contribution < -0.4 is 26.0 Å². The van der Waals surface area contributed by atoms with Gasteiger partial charge < -0.3 is 26.0 Å². The van der Waals surface area contributed by atoms with E-state index < -0.39 is 35.7 Å². The Morgan fingerprint density at radius 3 is 2.56 bits per heavy atom. The minimum Gasteiger partial charge on any atom is -0.491 e. The Morgan fingerprint density at radius 2 is 1.78 bits per heavy atom. The molecule has 0 unspecified atom stereocenters. The summed E-state index contributed by atoms with van der Waals surface area (Å²) in [7, 11) is 0. The molecule has 41 heavy (non-hydrogen) atoms. The first-order valence-corrected chi connectivity index (χ1v) is 13.6. The molecule has 1 aliphatic rings. The molecule has 12 nitrogen and oxygen atoms in total. The van der Waals surface area contributed by atoms with Crippen LogP contribution in [0.25, 0.3) is 0 Å². The highest BCUT2D eigenvalue weighted by atomic mass is 35.5. The smallest absolute Gasteiger partial charge is 0.255 e. The third-order valence-corrected chi connectivity index (χ3v) is 6.66. The number of benzene rings is 2. The van der Waals surface area contributed by atoms with E-state index in [-0.39, 0.29) is 31.2 Å². The average Bonchev–Trinajstić information content (AvgIpc) is 3.40. The fraction of sp³-hybridized carbons (Fsp3) is 0.357. The Kier molecular flexibility index (Phi) is 9.56. The van der Waals surface area contributed by atoms with Crippen LogP contribution in [-0.2, 0) is 29.2 Å². The van der Waals surface area contributed by atoms with E-state index in [4.69, 9.17) is 16.3 Å². The highest BCUT2D eigenvalue weighted by Gasteiger charge is 2.27. The van der Waals surface area contributed by atoms with E-state index in [1.807, 2.05) is 0 Å². The van der Waals surface area contributed by atoms with Gasteiger partial charge in [-0.15, -0.1) is 5.10 Å². The first kappa shape index (κ1) is 29.5. The maximum absolute atomic E-state index is 13.1. The third kappa shape index (κ3) is 7.82. The molecule has 13 heteroatoms. The number of carbonyl (C=O) groups is 4. The number of aromatic nitrogens is 3. The molecule has 216 valence electrons. The van der Waals surface area contributed by atoms with Gasteiger partial charge in [0.15, 0.2) is 0 Å². The predicted octanol–water partition coefficient (Wildman–Crippen LogP) is 1.83. The second-order valence-corrected chi connectivity index (χ2v) is 10.4. The van der Waals surface area contributed by atoms with Crippen molar-refractivity contribution >= 4 is 35.2 Å². The van der Waals surface area contributed by atoms with Crippen LogP contribution in [0.1, 0.15) is 52.7 Å². The summed E-state index contributed by atoms with van der Waals surface area (Å²) in [5.74, 6) is -1.67. The maximum Gasteiger partial charge on any atom is 0.255 e. The molecule has 2 atom stereocenters. The van der Waals surface area contributed by atoms with Gasteiger partial charge in [0, 0.05) is 17.1 Å². The summed E-state index contributed by atoms with van der Waals surface area (Å²) >= 11 is 6.16. The lowest BCUT2D eigenvalue weighted by Crippen LogP contribution is -2.54. The molecule has 3 aromatic rings. The highest BCUT2D eigenvalue weighted by Crippen LogP contribution is 2.23. The molecule has 2 heterocycles. The molecule has 0 aliphatic carbocycles. The van der Waals surface area contributed by atoms with Crippen molar-refractivity contribution in [2.75, 3.05) is 6.61 Å². The molecule has 4 bridgehead atoms. The number of nitrogens with zero attached hydrogens (tertiary/aromatic N) is 3. The lowest BCUT2D eigenvalue weighted by atomic mass is 10.0. The zero-order chi connectivity index (χ0) is 29.5. The molecule has 2 aromatic carbocycles. The Hall–Kier alpha value is -4.45. The van der Waals surface area contributed by atoms with Crippen molar-refractivity contribution in [2.24, 2.45) is 5.92 Å². The van der Waals surface area contributed by atoms with E-state index in [1.54, 1.807) is 68.0 Å². The molecule has 0 radical (unpaired) electrons. The lowest BCUT2D eigenvalue weighted by molar-refractivity contribution is -0.130. The van der Waals surface area contributed by atoms with Crippen LogP contribution in [-0.4, -0.2) is 57.3 Å². The van der Waals surface area contributed by atoms with Crippen LogP contribution in [0.15, 0.2) is 48.7 Å². The van der Waals surface area contributed by atoms with E-state index >= 15 is 0 Å². The minimum absolute atomic E-state index is 0.0993. The van der Waals surface area contributed by atoms with Gasteiger partial charge in [-0.2, -0.15) is 0 Å². The number of nitrogens with one attached hydrogen (secondary N) is 4. The molecule has 0 saturated heterocycles. The Balaban J connectivity index is 1.60. The van der Waals surface area contributed by atoms with Crippen molar-refractivity contribution in [1.29, 1.82) is 0 Å². The van der Waals surface area contributed by atoms with E-state index in [0.717, 1.165) is 0 Å². The van der Waals surface area contributed by atoms with Crippen molar-refractivity contribution < 1.29 is 23.9 Å². The lowest BCUT2D eigenvalue weighted by Gasteiger charge is -2.24. The molecule has 4 N–H and O–H groups in total. The Morgan fingerprint density at radius 1 is 0.976 bits per heavy atom. The number of carbonyl (C=O) groups excluding carboxylic acids is 4. The van der Waals surface area contributed by atoms with Gasteiger partial charge in [0.25, 0.3) is 11.8 Å². The largest absolute Gasteiger partial charge is 0.491 e. The summed E-state index contributed by atoms with van der Waals surface area (Å²) in [6.45, 7) is 5.91. The number of halogens is 1. The second kappa shape index (κ2) is 13.3. The number of hydrogen-bond acceptors (Lipinski definition) is 7. The van der Waals surface area contributed by atoms with Crippen LogP contribution in [0.4, 0.5) is 0 Å². The minimum atomic E-state index is -0.885. The molecule has 1 aromatic heterocycles.